The zero-order valence-electron chi connectivity index (χ0n) is 7.66. The van der Waals surface area contributed by atoms with Crippen molar-refractivity contribution >= 4 is 0 Å². The summed E-state index contributed by atoms with van der Waals surface area (Å²) >= 11 is 0. The second-order valence-electron chi connectivity index (χ2n) is 3.56. The highest BCUT2D eigenvalue weighted by molar-refractivity contribution is 5.24. The molecular formula is C10H16O2. The van der Waals surface area contributed by atoms with Gasteiger partial charge in [-0.3, -0.25) is 5.26 Å². The maximum absolute atomic E-state index is 8.22. The first-order valence-corrected chi connectivity index (χ1v) is 4.37. The normalized spacial score (nSPS) is 23.0. The van der Waals surface area contributed by atoms with Crippen molar-refractivity contribution in [3.8, 4) is 0 Å². The highest BCUT2D eigenvalue weighted by Gasteiger charge is 2.11. The topological polar surface area (TPSA) is 29.5 Å². The fourth-order valence-electron chi connectivity index (χ4n) is 1.36. The molecule has 0 saturated heterocycles. The molecule has 1 aliphatic carbocycles. The van der Waals surface area contributed by atoms with Gasteiger partial charge in [-0.1, -0.05) is 32.1 Å². The summed E-state index contributed by atoms with van der Waals surface area (Å²) in [5.74, 6) is 1.33. The molecule has 12 heavy (non-hydrogen) atoms. The highest BCUT2D eigenvalue weighted by atomic mass is 17.1. The average molecular weight is 168 g/mol. The van der Waals surface area contributed by atoms with Gasteiger partial charge in [-0.05, 0) is 23.8 Å². The highest BCUT2D eigenvalue weighted by Crippen LogP contribution is 2.22. The number of rotatable bonds is 3. The van der Waals surface area contributed by atoms with Crippen LogP contribution < -0.4 is 0 Å². The molecule has 0 heterocycles. The molecule has 0 aliphatic heterocycles. The third-order valence-corrected chi connectivity index (χ3v) is 2.30. The maximum atomic E-state index is 8.22. The molecule has 0 aromatic carbocycles. The van der Waals surface area contributed by atoms with Gasteiger partial charge < -0.3 is 0 Å². The van der Waals surface area contributed by atoms with Gasteiger partial charge in [0.2, 0.25) is 0 Å². The molecule has 1 rings (SSSR count). The lowest BCUT2D eigenvalue weighted by molar-refractivity contribution is -0.233. The number of hydrogen-bond acceptors (Lipinski definition) is 2. The first-order valence-electron chi connectivity index (χ1n) is 4.37. The molecule has 1 unspecified atom stereocenters. The summed E-state index contributed by atoms with van der Waals surface area (Å²) in [6.07, 6.45) is 7.41. The van der Waals surface area contributed by atoms with Crippen molar-refractivity contribution in [1.82, 2.24) is 0 Å². The second kappa shape index (κ2) is 4.43. The fraction of sp³-hybridized carbons (Fsp3) is 0.600. The van der Waals surface area contributed by atoms with Gasteiger partial charge in [0, 0.05) is 0 Å². The standard InChI is InChI=1S/C10H16O2/c1-8(2)10-5-3-9(4-6-10)7-12-11/h3-5,8,10-11H,6-7H2,1-2H3. The van der Waals surface area contributed by atoms with E-state index in [9.17, 15) is 0 Å². The smallest absolute Gasteiger partial charge is 0.107 e. The molecule has 0 spiro atoms. The first-order chi connectivity index (χ1) is 5.74. The lowest BCUT2D eigenvalue weighted by Gasteiger charge is -2.18. The Balaban J connectivity index is 2.44. The van der Waals surface area contributed by atoms with E-state index in [0.717, 1.165) is 12.0 Å². The molecule has 0 bridgehead atoms. The van der Waals surface area contributed by atoms with E-state index in [4.69, 9.17) is 5.26 Å². The minimum absolute atomic E-state index is 0.307. The van der Waals surface area contributed by atoms with Crippen LogP contribution in [0, 0.1) is 11.8 Å². The van der Waals surface area contributed by atoms with Gasteiger partial charge in [0.05, 0.1) is 0 Å². The van der Waals surface area contributed by atoms with Crippen molar-refractivity contribution in [2.75, 3.05) is 6.61 Å². The molecule has 2 heteroatoms. The van der Waals surface area contributed by atoms with E-state index in [1.54, 1.807) is 0 Å². The van der Waals surface area contributed by atoms with Gasteiger partial charge in [-0.15, -0.1) is 0 Å². The molecular weight excluding hydrogens is 152 g/mol. The summed E-state index contributed by atoms with van der Waals surface area (Å²) in [4.78, 5) is 4.06. The fourth-order valence-corrected chi connectivity index (χ4v) is 1.36. The van der Waals surface area contributed by atoms with E-state index in [1.807, 2.05) is 6.08 Å². The van der Waals surface area contributed by atoms with E-state index < -0.39 is 0 Å². The van der Waals surface area contributed by atoms with Gasteiger partial charge in [-0.25, -0.2) is 4.89 Å². The molecule has 2 nitrogen and oxygen atoms in total. The van der Waals surface area contributed by atoms with Crippen LogP contribution in [0.4, 0.5) is 0 Å². The summed E-state index contributed by atoms with van der Waals surface area (Å²) in [6, 6.07) is 0. The summed E-state index contributed by atoms with van der Waals surface area (Å²) in [5, 5.41) is 8.22. The van der Waals surface area contributed by atoms with Crippen molar-refractivity contribution in [2.45, 2.75) is 20.3 Å². The Bertz CT molecular complexity index is 192. The largest absolute Gasteiger partial charge is 0.251 e. The summed E-state index contributed by atoms with van der Waals surface area (Å²) in [5.41, 5.74) is 1.06. The zero-order chi connectivity index (χ0) is 8.97. The predicted molar refractivity (Wildman–Crippen MR) is 48.7 cm³/mol. The Morgan fingerprint density at radius 2 is 2.42 bits per heavy atom. The second-order valence-corrected chi connectivity index (χ2v) is 3.56. The molecule has 0 aromatic heterocycles. The molecule has 0 saturated carbocycles. The van der Waals surface area contributed by atoms with Gasteiger partial charge in [0.25, 0.3) is 0 Å². The van der Waals surface area contributed by atoms with Gasteiger partial charge in [0.1, 0.15) is 6.61 Å². The van der Waals surface area contributed by atoms with Crippen LogP contribution in [0.5, 0.6) is 0 Å². The lowest BCUT2D eigenvalue weighted by atomic mass is 9.88. The van der Waals surface area contributed by atoms with Crippen molar-refractivity contribution in [2.24, 2.45) is 11.8 Å². The molecule has 0 radical (unpaired) electrons. The third kappa shape index (κ3) is 2.47. The maximum Gasteiger partial charge on any atom is 0.107 e. The van der Waals surface area contributed by atoms with Crippen LogP contribution in [0.25, 0.3) is 0 Å². The minimum atomic E-state index is 0.307. The summed E-state index contributed by atoms with van der Waals surface area (Å²) < 4.78 is 0. The van der Waals surface area contributed by atoms with Crippen molar-refractivity contribution < 1.29 is 10.1 Å². The summed E-state index contributed by atoms with van der Waals surface area (Å²) in [6.45, 7) is 4.74. The van der Waals surface area contributed by atoms with Crippen LogP contribution in [0.1, 0.15) is 20.3 Å². The van der Waals surface area contributed by atoms with Gasteiger partial charge in [0.15, 0.2) is 0 Å². The SMILES string of the molecule is CC(C)C1C=CC(COO)=CC1. The number of hydrogen-bond donors (Lipinski definition) is 1. The Morgan fingerprint density at radius 1 is 1.67 bits per heavy atom. The first kappa shape index (κ1) is 9.49. The molecule has 1 N–H and O–H groups in total. The van der Waals surface area contributed by atoms with E-state index in [-0.39, 0.29) is 0 Å². The Morgan fingerprint density at radius 3 is 2.83 bits per heavy atom. The predicted octanol–water partition coefficient (Wildman–Crippen LogP) is 2.63. The zero-order valence-corrected chi connectivity index (χ0v) is 7.66. The molecule has 0 amide bonds. The van der Waals surface area contributed by atoms with Crippen molar-refractivity contribution in [1.29, 1.82) is 0 Å². The number of allylic oxidation sites excluding steroid dienone is 2. The summed E-state index contributed by atoms with van der Waals surface area (Å²) in [7, 11) is 0. The molecule has 0 aromatic rings. The van der Waals surface area contributed by atoms with Crippen LogP contribution >= 0.6 is 0 Å². The van der Waals surface area contributed by atoms with Crippen LogP contribution in [-0.2, 0) is 4.89 Å². The third-order valence-electron chi connectivity index (χ3n) is 2.30. The molecule has 1 aliphatic rings. The van der Waals surface area contributed by atoms with Gasteiger partial charge >= 0.3 is 0 Å². The van der Waals surface area contributed by atoms with Crippen molar-refractivity contribution in [3.63, 3.8) is 0 Å². The monoisotopic (exact) mass is 168 g/mol. The van der Waals surface area contributed by atoms with E-state index in [1.165, 1.54) is 0 Å². The molecule has 68 valence electrons. The van der Waals surface area contributed by atoms with Crippen LogP contribution in [0.15, 0.2) is 23.8 Å². The van der Waals surface area contributed by atoms with Gasteiger partial charge in [-0.2, -0.15) is 0 Å². The quantitative estimate of drug-likeness (QED) is 0.518. The van der Waals surface area contributed by atoms with Crippen LogP contribution in [-0.4, -0.2) is 11.9 Å². The van der Waals surface area contributed by atoms with E-state index in [2.05, 4.69) is 30.9 Å². The Hall–Kier alpha value is -0.600. The molecule has 0 fully saturated rings. The Labute approximate surface area is 73.5 Å². The average Bonchev–Trinajstić information content (AvgIpc) is 2.06. The van der Waals surface area contributed by atoms with E-state index >= 15 is 0 Å². The Kier molecular flexibility index (Phi) is 3.50. The van der Waals surface area contributed by atoms with Crippen molar-refractivity contribution in [3.05, 3.63) is 23.8 Å². The minimum Gasteiger partial charge on any atom is -0.251 e. The molecule has 1 atom stereocenters. The van der Waals surface area contributed by atoms with Crippen LogP contribution in [0.3, 0.4) is 0 Å². The van der Waals surface area contributed by atoms with E-state index in [0.29, 0.717) is 18.4 Å². The van der Waals surface area contributed by atoms with Crippen LogP contribution in [0.2, 0.25) is 0 Å². The lowest BCUT2D eigenvalue weighted by Crippen LogP contribution is -2.08.